The van der Waals surface area contributed by atoms with Gasteiger partial charge in [-0.1, -0.05) is 33.6 Å². The number of unbranched alkanes of at least 4 members (excludes halogenated alkanes) is 1. The van der Waals surface area contributed by atoms with Gasteiger partial charge in [0.15, 0.2) is 0 Å². The summed E-state index contributed by atoms with van der Waals surface area (Å²) in [5.74, 6) is -0.917. The summed E-state index contributed by atoms with van der Waals surface area (Å²) in [5.41, 5.74) is 6.39. The second kappa shape index (κ2) is 15.7. The lowest BCUT2D eigenvalue weighted by Gasteiger charge is -2.35. The minimum absolute atomic E-state index is 0.0483. The predicted molar refractivity (Wildman–Crippen MR) is 160 cm³/mol. The average molecular weight is 581 g/mol. The van der Waals surface area contributed by atoms with Crippen LogP contribution in [0.1, 0.15) is 96.7 Å². The standard InChI is InChI=1S/C31H52N2O6S/c1-20(28(36)24(12-8-9-15-32)29(37)30(4,5)26(35)13-16-34)11-10-14-31(6)27(39-31)18-25(38-7)21(2)17-23-19-40-22(3)33-23/h16-17,19-20,24-28,35-36H,8-15,18,32H2,1-7H3/b21-17+/t20-,24+,25-,26?,27-,28-,31+/m0/s1. The summed E-state index contributed by atoms with van der Waals surface area (Å²) in [6, 6.07) is 0. The van der Waals surface area contributed by atoms with Gasteiger partial charge in [-0.15, -0.1) is 11.3 Å². The Morgan fingerprint density at radius 2 is 2.00 bits per heavy atom. The molecular weight excluding hydrogens is 528 g/mol. The smallest absolute Gasteiger partial charge is 0.146 e. The van der Waals surface area contributed by atoms with Crippen LogP contribution in [-0.4, -0.2) is 70.9 Å². The molecule has 0 saturated carbocycles. The number of ketones is 1. The number of carbonyl (C=O) groups is 2. The minimum atomic E-state index is -1.12. The number of aliphatic hydroxyl groups is 2. The largest absolute Gasteiger partial charge is 0.392 e. The Morgan fingerprint density at radius 1 is 1.30 bits per heavy atom. The Labute approximate surface area is 244 Å². The van der Waals surface area contributed by atoms with E-state index in [1.165, 1.54) is 0 Å². The summed E-state index contributed by atoms with van der Waals surface area (Å²) in [7, 11) is 1.72. The van der Waals surface area contributed by atoms with Crippen LogP contribution in [0.3, 0.4) is 0 Å². The molecule has 1 saturated heterocycles. The maximum absolute atomic E-state index is 13.5. The van der Waals surface area contributed by atoms with Crippen LogP contribution in [0.5, 0.6) is 0 Å². The Hall–Kier alpha value is -1.49. The molecule has 8 nitrogen and oxygen atoms in total. The Balaban J connectivity index is 1.94. The number of nitrogens with zero attached hydrogens (tertiary/aromatic N) is 1. The predicted octanol–water partition coefficient (Wildman–Crippen LogP) is 4.88. The number of aldehydes is 1. The number of thiazole rings is 1. The lowest BCUT2D eigenvalue weighted by atomic mass is 9.71. The van der Waals surface area contributed by atoms with Crippen LogP contribution in [0.2, 0.25) is 0 Å². The van der Waals surface area contributed by atoms with Gasteiger partial charge in [-0.3, -0.25) is 4.79 Å². The summed E-state index contributed by atoms with van der Waals surface area (Å²) in [5, 5.41) is 24.8. The fourth-order valence-corrected chi connectivity index (χ4v) is 6.15. The lowest BCUT2D eigenvalue weighted by Crippen LogP contribution is -2.46. The Kier molecular flexibility index (Phi) is 13.6. The van der Waals surface area contributed by atoms with Gasteiger partial charge in [0.25, 0.3) is 0 Å². The molecule has 228 valence electrons. The fraction of sp³-hybridized carbons (Fsp3) is 0.774. The van der Waals surface area contributed by atoms with Gasteiger partial charge < -0.3 is 30.2 Å². The first-order valence-corrected chi connectivity index (χ1v) is 15.5. The van der Waals surface area contributed by atoms with Crippen molar-refractivity contribution in [3.8, 4) is 0 Å². The molecule has 9 heteroatoms. The van der Waals surface area contributed by atoms with E-state index in [0.29, 0.717) is 19.3 Å². The molecule has 1 fully saturated rings. The SMILES string of the molecule is CO[C@@H](C[C@@H]1O[C@]1(C)CCC[C@H](C)[C@H](O)[C@@H](CCCCN)C(=O)C(C)(C)C(O)CC=O)/C(C)=C/c1csc(C)n1. The van der Waals surface area contributed by atoms with Gasteiger partial charge >= 0.3 is 0 Å². The van der Waals surface area contributed by atoms with Gasteiger partial charge in [0.2, 0.25) is 0 Å². The number of rotatable bonds is 20. The topological polar surface area (TPSA) is 135 Å². The molecule has 0 radical (unpaired) electrons. The highest BCUT2D eigenvalue weighted by Gasteiger charge is 2.52. The molecule has 0 spiro atoms. The third-order valence-electron chi connectivity index (χ3n) is 8.69. The van der Waals surface area contributed by atoms with E-state index < -0.39 is 23.5 Å². The number of aryl methyl sites for hydroxylation is 1. The fourth-order valence-electron chi connectivity index (χ4n) is 5.58. The highest BCUT2D eigenvalue weighted by atomic mass is 32.1. The number of ether oxygens (including phenoxy) is 2. The van der Waals surface area contributed by atoms with Gasteiger partial charge in [0, 0.05) is 31.2 Å². The number of Topliss-reactive ketones (excluding diaryl/α,β-unsaturated/α-hetero) is 1. The molecule has 1 aliphatic heterocycles. The highest BCUT2D eigenvalue weighted by Crippen LogP contribution is 2.45. The van der Waals surface area contributed by atoms with E-state index >= 15 is 0 Å². The quantitative estimate of drug-likeness (QED) is 0.113. The van der Waals surface area contributed by atoms with Crippen molar-refractivity contribution in [2.75, 3.05) is 13.7 Å². The normalized spacial score (nSPS) is 23.4. The van der Waals surface area contributed by atoms with E-state index in [-0.39, 0.29) is 35.9 Å². The second-order valence-electron chi connectivity index (χ2n) is 12.3. The van der Waals surface area contributed by atoms with Crippen LogP contribution >= 0.6 is 11.3 Å². The first-order chi connectivity index (χ1) is 18.8. The summed E-state index contributed by atoms with van der Waals surface area (Å²) in [6.45, 7) is 12.0. The number of hydrogen-bond donors (Lipinski definition) is 3. The number of nitrogens with two attached hydrogens (primary N) is 1. The highest BCUT2D eigenvalue weighted by molar-refractivity contribution is 7.09. The summed E-state index contributed by atoms with van der Waals surface area (Å²) >= 11 is 1.63. The van der Waals surface area contributed by atoms with E-state index in [0.717, 1.165) is 54.8 Å². The van der Waals surface area contributed by atoms with Crippen LogP contribution in [-0.2, 0) is 19.1 Å². The molecule has 0 aromatic carbocycles. The molecule has 1 unspecified atom stereocenters. The summed E-state index contributed by atoms with van der Waals surface area (Å²) < 4.78 is 11.9. The minimum Gasteiger partial charge on any atom is -0.392 e. The summed E-state index contributed by atoms with van der Waals surface area (Å²) in [6.07, 6.45) is 5.96. The molecule has 1 aliphatic rings. The first-order valence-electron chi connectivity index (χ1n) is 14.7. The third-order valence-corrected chi connectivity index (χ3v) is 9.48. The number of epoxide rings is 1. The van der Waals surface area contributed by atoms with Crippen molar-refractivity contribution in [3.05, 3.63) is 21.7 Å². The van der Waals surface area contributed by atoms with Crippen molar-refractivity contribution in [2.45, 2.75) is 123 Å². The van der Waals surface area contributed by atoms with Gasteiger partial charge in [-0.05, 0) is 70.6 Å². The third kappa shape index (κ3) is 9.53. The Morgan fingerprint density at radius 3 is 2.58 bits per heavy atom. The molecule has 40 heavy (non-hydrogen) atoms. The van der Waals surface area contributed by atoms with Gasteiger partial charge in [0.05, 0.1) is 46.1 Å². The lowest BCUT2D eigenvalue weighted by molar-refractivity contribution is -0.143. The molecule has 0 amide bonds. The van der Waals surface area contributed by atoms with Crippen molar-refractivity contribution >= 4 is 29.5 Å². The van der Waals surface area contributed by atoms with Crippen LogP contribution in [0, 0.1) is 24.2 Å². The van der Waals surface area contributed by atoms with Gasteiger partial charge in [-0.25, -0.2) is 4.98 Å². The van der Waals surface area contributed by atoms with E-state index in [2.05, 4.69) is 24.9 Å². The molecule has 2 heterocycles. The van der Waals surface area contributed by atoms with Crippen LogP contribution in [0.15, 0.2) is 11.0 Å². The molecule has 1 aromatic rings. The van der Waals surface area contributed by atoms with Crippen molar-refractivity contribution in [1.29, 1.82) is 0 Å². The molecule has 0 bridgehead atoms. The van der Waals surface area contributed by atoms with Crippen LogP contribution in [0.25, 0.3) is 6.08 Å². The van der Waals surface area contributed by atoms with E-state index in [1.54, 1.807) is 32.3 Å². The van der Waals surface area contributed by atoms with E-state index in [9.17, 15) is 19.8 Å². The van der Waals surface area contributed by atoms with Gasteiger partial charge in [0.1, 0.15) is 12.1 Å². The maximum atomic E-state index is 13.5. The molecule has 2 rings (SSSR count). The second-order valence-corrected chi connectivity index (χ2v) is 13.4. The number of hydrogen-bond acceptors (Lipinski definition) is 9. The molecule has 7 atom stereocenters. The average Bonchev–Trinajstić information content (AvgIpc) is 3.36. The van der Waals surface area contributed by atoms with Crippen molar-refractivity contribution in [1.82, 2.24) is 4.98 Å². The number of aliphatic hydroxyl groups excluding tert-OH is 2. The van der Waals surface area contributed by atoms with Crippen LogP contribution in [0.4, 0.5) is 0 Å². The zero-order chi connectivity index (χ0) is 30.1. The van der Waals surface area contributed by atoms with Crippen LogP contribution < -0.4 is 5.73 Å². The summed E-state index contributed by atoms with van der Waals surface area (Å²) in [4.78, 5) is 29.0. The Bertz CT molecular complexity index is 979. The molecular formula is C31H52N2O6S. The van der Waals surface area contributed by atoms with E-state index in [4.69, 9.17) is 15.2 Å². The molecule has 4 N–H and O–H groups in total. The van der Waals surface area contributed by atoms with Crippen molar-refractivity contribution in [3.63, 3.8) is 0 Å². The van der Waals surface area contributed by atoms with Crippen molar-refractivity contribution < 1.29 is 29.3 Å². The van der Waals surface area contributed by atoms with Gasteiger partial charge in [-0.2, -0.15) is 0 Å². The first kappa shape index (κ1) is 34.7. The number of methoxy groups -OCH3 is 1. The number of aromatic nitrogens is 1. The maximum Gasteiger partial charge on any atom is 0.146 e. The zero-order valence-electron chi connectivity index (χ0n) is 25.5. The molecule has 0 aliphatic carbocycles. The monoisotopic (exact) mass is 580 g/mol. The van der Waals surface area contributed by atoms with E-state index in [1.807, 2.05) is 19.2 Å². The van der Waals surface area contributed by atoms with Crippen molar-refractivity contribution in [2.24, 2.45) is 23.0 Å². The molecule has 1 aromatic heterocycles. The zero-order valence-corrected chi connectivity index (χ0v) is 26.3. The number of carbonyl (C=O) groups excluding carboxylic acids is 2.